The summed E-state index contributed by atoms with van der Waals surface area (Å²) in [5, 5.41) is 10.5. The van der Waals surface area contributed by atoms with Gasteiger partial charge in [-0.15, -0.1) is 0 Å². The van der Waals surface area contributed by atoms with Crippen LogP contribution in [0.2, 0.25) is 18.1 Å². The first kappa shape index (κ1) is 24.1. The van der Waals surface area contributed by atoms with Gasteiger partial charge in [0.05, 0.1) is 26.4 Å². The maximum Gasteiger partial charge on any atom is 0.192 e. The van der Waals surface area contributed by atoms with Crippen molar-refractivity contribution in [3.63, 3.8) is 0 Å². The van der Waals surface area contributed by atoms with Gasteiger partial charge >= 0.3 is 0 Å². The van der Waals surface area contributed by atoms with Crippen molar-refractivity contribution in [2.45, 2.75) is 96.4 Å². The van der Waals surface area contributed by atoms with Crippen LogP contribution in [0.1, 0.15) is 76.8 Å². The lowest BCUT2D eigenvalue weighted by atomic mass is 9.55. The van der Waals surface area contributed by atoms with Gasteiger partial charge < -0.3 is 19.0 Å². The van der Waals surface area contributed by atoms with E-state index in [4.69, 9.17) is 13.9 Å². The molecule has 3 unspecified atom stereocenters. The smallest absolute Gasteiger partial charge is 0.192 e. The van der Waals surface area contributed by atoms with Crippen LogP contribution >= 0.6 is 0 Å². The number of phenols is 1. The summed E-state index contributed by atoms with van der Waals surface area (Å²) >= 11 is 0. The Morgan fingerprint density at radius 2 is 1.84 bits per heavy atom. The third-order valence-electron chi connectivity index (χ3n) is 9.61. The molecular weight excluding hydrogens is 416 g/mol. The number of hydrogen-bond donors (Lipinski definition) is 1. The first-order chi connectivity index (χ1) is 15.0. The Bertz CT molecular complexity index is 830. The largest absolute Gasteiger partial charge is 0.504 e. The van der Waals surface area contributed by atoms with Gasteiger partial charge in [-0.05, 0) is 103 Å². The third kappa shape index (κ3) is 4.14. The summed E-state index contributed by atoms with van der Waals surface area (Å²) in [5.74, 6) is 2.92. The zero-order chi connectivity index (χ0) is 23.3. The Balaban J connectivity index is 1.41. The van der Waals surface area contributed by atoms with Crippen molar-refractivity contribution in [1.82, 2.24) is 0 Å². The van der Waals surface area contributed by atoms with Gasteiger partial charge in [-0.3, -0.25) is 0 Å². The molecule has 0 aromatic heterocycles. The molecule has 1 aromatic carbocycles. The lowest BCUT2D eigenvalue weighted by Gasteiger charge is -2.50. The average molecular weight is 461 g/mol. The minimum Gasteiger partial charge on any atom is -0.504 e. The predicted octanol–water partition coefficient (Wildman–Crippen LogP) is 6.66. The van der Waals surface area contributed by atoms with Gasteiger partial charge in [0.15, 0.2) is 19.8 Å². The number of rotatable bonds is 6. The molecule has 2 saturated carbocycles. The minimum absolute atomic E-state index is 0.243. The van der Waals surface area contributed by atoms with Crippen molar-refractivity contribution >= 4 is 8.32 Å². The molecule has 0 aliphatic heterocycles. The fourth-order valence-corrected chi connectivity index (χ4v) is 7.71. The molecule has 2 fully saturated rings. The zero-order valence-electron chi connectivity index (χ0n) is 21.3. The molecule has 5 heteroatoms. The highest BCUT2D eigenvalue weighted by Gasteiger charge is 2.55. The summed E-state index contributed by atoms with van der Waals surface area (Å²) in [5.41, 5.74) is 3.02. The van der Waals surface area contributed by atoms with Crippen LogP contribution in [-0.2, 0) is 15.6 Å². The second-order valence-corrected chi connectivity index (χ2v) is 17.0. The van der Waals surface area contributed by atoms with E-state index in [0.29, 0.717) is 30.3 Å². The number of methoxy groups -OCH3 is 1. The van der Waals surface area contributed by atoms with E-state index >= 15 is 0 Å². The Kier molecular flexibility index (Phi) is 6.50. The topological polar surface area (TPSA) is 47.9 Å². The van der Waals surface area contributed by atoms with Crippen LogP contribution in [0, 0.1) is 17.3 Å². The molecule has 1 aromatic rings. The van der Waals surface area contributed by atoms with E-state index in [2.05, 4.69) is 46.9 Å². The molecule has 5 atom stereocenters. The van der Waals surface area contributed by atoms with E-state index < -0.39 is 8.32 Å². The first-order valence-corrected chi connectivity index (χ1v) is 15.5. The molecule has 0 radical (unpaired) electrons. The fourth-order valence-electron chi connectivity index (χ4n) is 6.68. The maximum absolute atomic E-state index is 10.2. The van der Waals surface area contributed by atoms with E-state index in [-0.39, 0.29) is 16.2 Å². The molecule has 4 rings (SSSR count). The van der Waals surface area contributed by atoms with Gasteiger partial charge in [-0.2, -0.15) is 0 Å². The predicted molar refractivity (Wildman–Crippen MR) is 132 cm³/mol. The highest BCUT2D eigenvalue weighted by atomic mass is 28.4. The fraction of sp³-hybridized carbons (Fsp3) is 0.778. The SMILES string of the molecule is COc1cc2c(cc1O)CCC1C2CC[C@@]2(C)C1CC[C@@H]2OCCO[Si](C)(C)C(C)(C)C. The maximum atomic E-state index is 10.2. The molecule has 0 saturated heterocycles. The molecule has 4 nitrogen and oxygen atoms in total. The Morgan fingerprint density at radius 3 is 2.53 bits per heavy atom. The van der Waals surface area contributed by atoms with Crippen LogP contribution in [0.15, 0.2) is 12.1 Å². The lowest BCUT2D eigenvalue weighted by molar-refractivity contribution is -0.0701. The van der Waals surface area contributed by atoms with Crippen molar-refractivity contribution in [2.24, 2.45) is 17.3 Å². The van der Waals surface area contributed by atoms with Gasteiger partial charge in [0.1, 0.15) is 0 Å². The number of hydrogen-bond acceptors (Lipinski definition) is 4. The van der Waals surface area contributed by atoms with E-state index in [0.717, 1.165) is 18.9 Å². The monoisotopic (exact) mass is 460 g/mol. The Labute approximate surface area is 196 Å². The van der Waals surface area contributed by atoms with E-state index in [1.54, 1.807) is 7.11 Å². The van der Waals surface area contributed by atoms with Gasteiger partial charge in [0, 0.05) is 0 Å². The van der Waals surface area contributed by atoms with Crippen molar-refractivity contribution in [3.8, 4) is 11.5 Å². The summed E-state index contributed by atoms with van der Waals surface area (Å²) < 4.78 is 18.3. The summed E-state index contributed by atoms with van der Waals surface area (Å²) in [7, 11) is -0.0656. The number of phenolic OH excluding ortho intramolecular Hbond substituents is 1. The van der Waals surface area contributed by atoms with Crippen molar-refractivity contribution in [2.75, 3.05) is 20.3 Å². The van der Waals surface area contributed by atoms with Crippen LogP contribution in [-0.4, -0.2) is 39.9 Å². The van der Waals surface area contributed by atoms with Gasteiger partial charge in [-0.1, -0.05) is 27.7 Å². The second kappa shape index (κ2) is 8.63. The number of benzene rings is 1. The Morgan fingerprint density at radius 1 is 1.09 bits per heavy atom. The number of fused-ring (bicyclic) bond motifs is 5. The summed E-state index contributed by atoms with van der Waals surface area (Å²) in [6.45, 7) is 15.4. The van der Waals surface area contributed by atoms with E-state index in [1.807, 2.05) is 6.07 Å². The number of ether oxygens (including phenoxy) is 2. The van der Waals surface area contributed by atoms with Crippen molar-refractivity contribution in [1.29, 1.82) is 0 Å². The molecule has 0 bridgehead atoms. The van der Waals surface area contributed by atoms with Gasteiger partial charge in [-0.25, -0.2) is 0 Å². The summed E-state index contributed by atoms with van der Waals surface area (Å²) in [6, 6.07) is 4.06. The van der Waals surface area contributed by atoms with Crippen molar-refractivity contribution < 1.29 is 19.0 Å². The number of aryl methyl sites for hydroxylation is 1. The van der Waals surface area contributed by atoms with Crippen LogP contribution < -0.4 is 4.74 Å². The van der Waals surface area contributed by atoms with Crippen LogP contribution in [0.3, 0.4) is 0 Å². The quantitative estimate of drug-likeness (QED) is 0.381. The second-order valence-electron chi connectivity index (χ2n) is 12.2. The highest BCUT2D eigenvalue weighted by molar-refractivity contribution is 6.74. The van der Waals surface area contributed by atoms with Crippen LogP contribution in [0.5, 0.6) is 11.5 Å². The van der Waals surface area contributed by atoms with Gasteiger partial charge in [0.25, 0.3) is 0 Å². The third-order valence-corrected chi connectivity index (χ3v) is 14.1. The molecule has 0 spiro atoms. The van der Waals surface area contributed by atoms with Crippen LogP contribution in [0.4, 0.5) is 0 Å². The molecule has 1 N–H and O–H groups in total. The number of aromatic hydroxyl groups is 1. The van der Waals surface area contributed by atoms with Gasteiger partial charge in [0.2, 0.25) is 0 Å². The molecule has 32 heavy (non-hydrogen) atoms. The summed E-state index contributed by atoms with van der Waals surface area (Å²) in [4.78, 5) is 0. The normalized spacial score (nSPS) is 32.2. The standard InChI is InChI=1S/C27H44O4Si/c1-26(2,3)32(6,7)31-15-14-30-25-11-10-22-20-9-8-18-16-23(28)24(29-5)17-21(18)19(20)12-13-27(22,25)4/h16-17,19-20,22,25,28H,8-15H2,1-7H3/t19?,20?,22?,25-,27-/m0/s1. The van der Waals surface area contributed by atoms with E-state index in [1.165, 1.54) is 43.2 Å². The molecule has 3 aliphatic carbocycles. The average Bonchev–Trinajstić information content (AvgIpc) is 3.06. The zero-order valence-corrected chi connectivity index (χ0v) is 22.3. The lowest BCUT2D eigenvalue weighted by Crippen LogP contribution is -2.45. The molecule has 180 valence electrons. The van der Waals surface area contributed by atoms with Crippen molar-refractivity contribution in [3.05, 3.63) is 23.3 Å². The van der Waals surface area contributed by atoms with Crippen LogP contribution in [0.25, 0.3) is 0 Å². The first-order valence-electron chi connectivity index (χ1n) is 12.6. The molecule has 3 aliphatic rings. The summed E-state index contributed by atoms with van der Waals surface area (Å²) in [6.07, 6.45) is 7.52. The minimum atomic E-state index is -1.71. The molecule has 0 amide bonds. The molecular formula is C27H44O4Si. The Hall–Kier alpha value is -1.04. The van der Waals surface area contributed by atoms with E-state index in [9.17, 15) is 5.11 Å². The molecule has 0 heterocycles. The highest BCUT2D eigenvalue weighted by Crippen LogP contribution is 2.62.